The Kier molecular flexibility index (Phi) is 2.04. The summed E-state index contributed by atoms with van der Waals surface area (Å²) in [6, 6.07) is 4.20. The molecule has 0 unspecified atom stereocenters. The highest BCUT2D eigenvalue weighted by molar-refractivity contribution is 5.97. The lowest BCUT2D eigenvalue weighted by Gasteiger charge is -2.05. The van der Waals surface area contributed by atoms with Gasteiger partial charge in [0.1, 0.15) is 11.5 Å². The van der Waals surface area contributed by atoms with Crippen LogP contribution in [0.15, 0.2) is 18.2 Å². The number of carbonyl (C=O) groups excluding carboxylic acids is 1. The number of phenols is 2. The molecule has 0 spiro atoms. The van der Waals surface area contributed by atoms with E-state index < -0.39 is 0 Å². The number of hydrogen-bond donors (Lipinski definition) is 3. The number of phenolic OH excluding ortho intramolecular Hbond substituents is 2. The van der Waals surface area contributed by atoms with Crippen molar-refractivity contribution in [1.82, 2.24) is 5.32 Å². The molecule has 1 aliphatic rings. The van der Waals surface area contributed by atoms with Crippen LogP contribution in [0.25, 0.3) is 0 Å². The molecule has 1 saturated carbocycles. The highest BCUT2D eigenvalue weighted by Gasteiger charge is 2.24. The van der Waals surface area contributed by atoms with Crippen LogP contribution in [-0.2, 0) is 0 Å². The van der Waals surface area contributed by atoms with E-state index in [1.807, 2.05) is 0 Å². The fraction of sp³-hybridized carbons (Fsp3) is 0.300. The van der Waals surface area contributed by atoms with Gasteiger partial charge in [-0.15, -0.1) is 0 Å². The zero-order valence-electron chi connectivity index (χ0n) is 7.53. The standard InChI is InChI=1S/C10H11NO3/c12-7-3-4-8(9(13)5-7)10(14)11-6-1-2-6/h3-6,12-13H,1-2H2,(H,11,14). The summed E-state index contributed by atoms with van der Waals surface area (Å²) >= 11 is 0. The molecule has 0 aliphatic heterocycles. The fourth-order valence-electron chi connectivity index (χ4n) is 1.20. The number of carbonyl (C=O) groups is 1. The molecule has 1 fully saturated rings. The third kappa shape index (κ3) is 1.79. The molecule has 4 nitrogen and oxygen atoms in total. The van der Waals surface area contributed by atoms with Crippen LogP contribution < -0.4 is 5.32 Å². The van der Waals surface area contributed by atoms with Gasteiger partial charge < -0.3 is 15.5 Å². The van der Waals surface area contributed by atoms with Crippen LogP contribution in [0, 0.1) is 0 Å². The van der Waals surface area contributed by atoms with Gasteiger partial charge >= 0.3 is 0 Å². The van der Waals surface area contributed by atoms with E-state index in [1.54, 1.807) is 0 Å². The molecule has 0 saturated heterocycles. The summed E-state index contributed by atoms with van der Waals surface area (Å²) in [5.41, 5.74) is 0.203. The Balaban J connectivity index is 2.17. The minimum Gasteiger partial charge on any atom is -0.508 e. The van der Waals surface area contributed by atoms with Gasteiger partial charge in [0.25, 0.3) is 5.91 Å². The minimum atomic E-state index is -0.287. The van der Waals surface area contributed by atoms with Gasteiger partial charge in [-0.05, 0) is 25.0 Å². The molecule has 1 amide bonds. The molecule has 0 heterocycles. The Labute approximate surface area is 81.2 Å². The number of amides is 1. The van der Waals surface area contributed by atoms with Crippen molar-refractivity contribution < 1.29 is 15.0 Å². The lowest BCUT2D eigenvalue weighted by atomic mass is 10.2. The quantitative estimate of drug-likeness (QED) is 0.656. The van der Waals surface area contributed by atoms with Crippen molar-refractivity contribution in [1.29, 1.82) is 0 Å². The van der Waals surface area contributed by atoms with E-state index in [2.05, 4.69) is 5.32 Å². The van der Waals surface area contributed by atoms with E-state index in [9.17, 15) is 9.90 Å². The second kappa shape index (κ2) is 3.21. The molecule has 4 heteroatoms. The first-order valence-corrected chi connectivity index (χ1v) is 4.49. The summed E-state index contributed by atoms with van der Waals surface area (Å²) in [5.74, 6) is -0.529. The first-order valence-electron chi connectivity index (χ1n) is 4.49. The smallest absolute Gasteiger partial charge is 0.255 e. The first-order chi connectivity index (χ1) is 6.66. The Bertz CT molecular complexity index is 372. The highest BCUT2D eigenvalue weighted by Crippen LogP contribution is 2.24. The molecule has 1 aromatic carbocycles. The molecule has 0 radical (unpaired) electrons. The van der Waals surface area contributed by atoms with Gasteiger partial charge in [0.2, 0.25) is 0 Å². The lowest BCUT2D eigenvalue weighted by Crippen LogP contribution is -2.25. The van der Waals surface area contributed by atoms with Crippen LogP contribution in [-0.4, -0.2) is 22.2 Å². The van der Waals surface area contributed by atoms with Crippen LogP contribution >= 0.6 is 0 Å². The third-order valence-corrected chi connectivity index (χ3v) is 2.14. The average Bonchev–Trinajstić information content (AvgIpc) is 2.87. The summed E-state index contributed by atoms with van der Waals surface area (Å²) in [7, 11) is 0. The van der Waals surface area contributed by atoms with Gasteiger partial charge in [-0.2, -0.15) is 0 Å². The van der Waals surface area contributed by atoms with E-state index in [-0.39, 0.29) is 29.0 Å². The van der Waals surface area contributed by atoms with E-state index in [1.165, 1.54) is 12.1 Å². The summed E-state index contributed by atoms with van der Waals surface area (Å²) in [6.45, 7) is 0. The van der Waals surface area contributed by atoms with Crippen molar-refractivity contribution >= 4 is 5.91 Å². The zero-order chi connectivity index (χ0) is 10.1. The molecule has 2 rings (SSSR count). The van der Waals surface area contributed by atoms with Gasteiger partial charge in [-0.3, -0.25) is 4.79 Å². The molecule has 0 bridgehead atoms. The van der Waals surface area contributed by atoms with Gasteiger partial charge in [0, 0.05) is 12.1 Å². The largest absolute Gasteiger partial charge is 0.508 e. The van der Waals surface area contributed by atoms with Crippen LogP contribution in [0.2, 0.25) is 0 Å². The Hall–Kier alpha value is -1.71. The summed E-state index contributed by atoms with van der Waals surface area (Å²) in [6.07, 6.45) is 2.01. The van der Waals surface area contributed by atoms with Gasteiger partial charge in [-0.25, -0.2) is 0 Å². The molecular weight excluding hydrogens is 182 g/mol. The predicted octanol–water partition coefficient (Wildman–Crippen LogP) is 0.990. The van der Waals surface area contributed by atoms with Crippen molar-refractivity contribution in [3.8, 4) is 11.5 Å². The third-order valence-electron chi connectivity index (χ3n) is 2.14. The van der Waals surface area contributed by atoms with Crippen LogP contribution in [0.5, 0.6) is 11.5 Å². The second-order valence-corrected chi connectivity index (χ2v) is 3.45. The number of hydrogen-bond acceptors (Lipinski definition) is 3. The van der Waals surface area contributed by atoms with E-state index in [0.29, 0.717) is 0 Å². The van der Waals surface area contributed by atoms with Crippen molar-refractivity contribution in [2.24, 2.45) is 0 Å². The van der Waals surface area contributed by atoms with Crippen LogP contribution in [0.3, 0.4) is 0 Å². The molecule has 1 aromatic rings. The van der Waals surface area contributed by atoms with E-state index >= 15 is 0 Å². The van der Waals surface area contributed by atoms with Crippen LogP contribution in [0.4, 0.5) is 0 Å². The van der Waals surface area contributed by atoms with E-state index in [4.69, 9.17) is 5.11 Å². The second-order valence-electron chi connectivity index (χ2n) is 3.45. The number of nitrogens with one attached hydrogen (secondary N) is 1. The fourth-order valence-corrected chi connectivity index (χ4v) is 1.20. The number of aromatic hydroxyl groups is 2. The summed E-state index contributed by atoms with van der Waals surface area (Å²) in [4.78, 5) is 11.5. The summed E-state index contributed by atoms with van der Waals surface area (Å²) < 4.78 is 0. The Morgan fingerprint density at radius 2 is 2.07 bits per heavy atom. The molecule has 1 aliphatic carbocycles. The van der Waals surface area contributed by atoms with Crippen molar-refractivity contribution in [2.45, 2.75) is 18.9 Å². The molecule has 74 valence electrons. The van der Waals surface area contributed by atoms with Gasteiger partial charge in [0.05, 0.1) is 5.56 Å². The van der Waals surface area contributed by atoms with Gasteiger partial charge in [0.15, 0.2) is 0 Å². The topological polar surface area (TPSA) is 69.6 Å². The molecule has 14 heavy (non-hydrogen) atoms. The molecular formula is C10H11NO3. The zero-order valence-corrected chi connectivity index (χ0v) is 7.53. The number of benzene rings is 1. The minimum absolute atomic E-state index is 0.0505. The maximum atomic E-state index is 11.5. The maximum absolute atomic E-state index is 11.5. The highest BCUT2D eigenvalue weighted by atomic mass is 16.3. The van der Waals surface area contributed by atoms with Crippen molar-refractivity contribution in [2.75, 3.05) is 0 Å². The normalized spacial score (nSPS) is 15.1. The lowest BCUT2D eigenvalue weighted by molar-refractivity contribution is 0.0948. The first kappa shape index (κ1) is 8.87. The average molecular weight is 193 g/mol. The number of rotatable bonds is 2. The monoisotopic (exact) mass is 193 g/mol. The molecule has 3 N–H and O–H groups in total. The Morgan fingerprint density at radius 3 is 2.64 bits per heavy atom. The SMILES string of the molecule is O=C(NC1CC1)c1ccc(O)cc1O. The molecule has 0 atom stereocenters. The van der Waals surface area contributed by atoms with Crippen LogP contribution in [0.1, 0.15) is 23.2 Å². The predicted molar refractivity (Wildman–Crippen MR) is 50.3 cm³/mol. The van der Waals surface area contributed by atoms with E-state index in [0.717, 1.165) is 18.9 Å². The van der Waals surface area contributed by atoms with Crippen molar-refractivity contribution in [3.63, 3.8) is 0 Å². The van der Waals surface area contributed by atoms with Gasteiger partial charge in [-0.1, -0.05) is 0 Å². The maximum Gasteiger partial charge on any atom is 0.255 e. The Morgan fingerprint density at radius 1 is 1.36 bits per heavy atom. The summed E-state index contributed by atoms with van der Waals surface area (Å²) in [5, 5.41) is 21.1. The molecule has 0 aromatic heterocycles. The van der Waals surface area contributed by atoms with Crippen molar-refractivity contribution in [3.05, 3.63) is 23.8 Å².